The summed E-state index contributed by atoms with van der Waals surface area (Å²) in [5.41, 5.74) is 4.04. The average molecular weight is 337 g/mol. The highest BCUT2D eigenvalue weighted by Crippen LogP contribution is 2.23. The van der Waals surface area contributed by atoms with Gasteiger partial charge in [0.15, 0.2) is 5.65 Å². The van der Waals surface area contributed by atoms with Gasteiger partial charge in [-0.1, -0.05) is 33.8 Å². The van der Waals surface area contributed by atoms with Crippen molar-refractivity contribution >= 4 is 11.6 Å². The number of nitrogens with zero attached hydrogens (tertiary/aromatic N) is 4. The van der Waals surface area contributed by atoms with Crippen LogP contribution in [0.4, 0.5) is 0 Å². The van der Waals surface area contributed by atoms with E-state index in [1.165, 1.54) is 0 Å². The lowest BCUT2D eigenvalue weighted by Crippen LogP contribution is -2.25. The largest absolute Gasteiger partial charge is 0.348 e. The summed E-state index contributed by atoms with van der Waals surface area (Å²) < 4.78 is 1.79. The molecule has 1 N–H and O–H groups in total. The van der Waals surface area contributed by atoms with Gasteiger partial charge in [0.1, 0.15) is 0 Å². The van der Waals surface area contributed by atoms with E-state index in [0.717, 1.165) is 22.6 Å². The van der Waals surface area contributed by atoms with Gasteiger partial charge in [0, 0.05) is 36.6 Å². The minimum Gasteiger partial charge on any atom is -0.348 e. The molecule has 0 saturated carbocycles. The first kappa shape index (κ1) is 17.1. The first-order chi connectivity index (χ1) is 11.9. The van der Waals surface area contributed by atoms with Gasteiger partial charge in [-0.25, -0.2) is 9.50 Å². The Morgan fingerprint density at radius 2 is 2.08 bits per heavy atom. The third-order valence-corrected chi connectivity index (χ3v) is 4.11. The van der Waals surface area contributed by atoms with Crippen molar-refractivity contribution in [1.82, 2.24) is 24.9 Å². The molecule has 0 bridgehead atoms. The van der Waals surface area contributed by atoms with Crippen molar-refractivity contribution in [3.8, 4) is 0 Å². The number of fused-ring (bicyclic) bond motifs is 1. The number of hydrogen-bond acceptors (Lipinski definition) is 4. The number of carbonyl (C=O) groups is 1. The molecule has 1 amide bonds. The van der Waals surface area contributed by atoms with Crippen molar-refractivity contribution in [3.63, 3.8) is 0 Å². The number of aromatic nitrogens is 4. The molecule has 0 radical (unpaired) electrons. The molecular formula is C19H23N5O. The lowest BCUT2D eigenvalue weighted by Gasteiger charge is -2.14. The summed E-state index contributed by atoms with van der Waals surface area (Å²) in [7, 11) is 0. The SMILES string of the molecule is CCc1c(C(=O)NCc2cccnc2)cnc2cc(C(C)(C)C)nn12. The van der Waals surface area contributed by atoms with Crippen LogP contribution in [0.2, 0.25) is 0 Å². The molecule has 25 heavy (non-hydrogen) atoms. The fourth-order valence-electron chi connectivity index (χ4n) is 2.66. The first-order valence-electron chi connectivity index (χ1n) is 8.45. The average Bonchev–Trinajstić information content (AvgIpc) is 3.04. The van der Waals surface area contributed by atoms with Crippen LogP contribution < -0.4 is 5.32 Å². The zero-order chi connectivity index (χ0) is 18.0. The second-order valence-corrected chi connectivity index (χ2v) is 7.07. The van der Waals surface area contributed by atoms with Gasteiger partial charge in [-0.15, -0.1) is 0 Å². The molecule has 0 unspecified atom stereocenters. The number of nitrogens with one attached hydrogen (secondary N) is 1. The molecule has 0 aliphatic carbocycles. The van der Waals surface area contributed by atoms with E-state index in [9.17, 15) is 4.79 Å². The van der Waals surface area contributed by atoms with Crippen LogP contribution in [0.1, 0.15) is 55.0 Å². The summed E-state index contributed by atoms with van der Waals surface area (Å²) in [6, 6.07) is 5.76. The van der Waals surface area contributed by atoms with Gasteiger partial charge in [0.05, 0.1) is 17.0 Å². The molecule has 3 aromatic rings. The minimum atomic E-state index is -0.150. The van der Waals surface area contributed by atoms with Crippen molar-refractivity contribution in [2.45, 2.75) is 46.1 Å². The topological polar surface area (TPSA) is 72.2 Å². The number of aryl methyl sites for hydroxylation is 1. The van der Waals surface area contributed by atoms with E-state index in [-0.39, 0.29) is 11.3 Å². The smallest absolute Gasteiger partial charge is 0.254 e. The lowest BCUT2D eigenvalue weighted by molar-refractivity contribution is 0.0949. The van der Waals surface area contributed by atoms with E-state index < -0.39 is 0 Å². The zero-order valence-corrected chi connectivity index (χ0v) is 15.1. The van der Waals surface area contributed by atoms with Gasteiger partial charge in [-0.3, -0.25) is 9.78 Å². The van der Waals surface area contributed by atoms with Gasteiger partial charge in [-0.2, -0.15) is 5.10 Å². The summed E-state index contributed by atoms with van der Waals surface area (Å²) in [5.74, 6) is -0.150. The van der Waals surface area contributed by atoms with Crippen LogP contribution in [-0.4, -0.2) is 25.5 Å². The molecule has 0 spiro atoms. The number of carbonyl (C=O) groups excluding carboxylic acids is 1. The van der Waals surface area contributed by atoms with Gasteiger partial charge in [-0.05, 0) is 18.1 Å². The van der Waals surface area contributed by atoms with E-state index in [2.05, 4.69) is 41.2 Å². The Morgan fingerprint density at radius 3 is 2.72 bits per heavy atom. The Hall–Kier alpha value is -2.76. The molecule has 0 atom stereocenters. The third-order valence-electron chi connectivity index (χ3n) is 4.11. The van der Waals surface area contributed by atoms with E-state index in [1.807, 2.05) is 25.1 Å². The van der Waals surface area contributed by atoms with Crippen molar-refractivity contribution in [2.24, 2.45) is 0 Å². The summed E-state index contributed by atoms with van der Waals surface area (Å²) in [6.45, 7) is 8.79. The molecule has 0 aliphatic heterocycles. The van der Waals surface area contributed by atoms with Gasteiger partial charge >= 0.3 is 0 Å². The van der Waals surface area contributed by atoms with Crippen molar-refractivity contribution < 1.29 is 4.79 Å². The third kappa shape index (κ3) is 3.52. The van der Waals surface area contributed by atoms with E-state index >= 15 is 0 Å². The highest BCUT2D eigenvalue weighted by molar-refractivity contribution is 5.95. The molecule has 6 nitrogen and oxygen atoms in total. The van der Waals surface area contributed by atoms with Gasteiger partial charge in [0.25, 0.3) is 5.91 Å². The maximum atomic E-state index is 12.6. The summed E-state index contributed by atoms with van der Waals surface area (Å²) in [5, 5.41) is 7.61. The normalized spacial score (nSPS) is 11.7. The molecule has 130 valence electrons. The molecule has 0 saturated heterocycles. The van der Waals surface area contributed by atoms with Crippen LogP contribution >= 0.6 is 0 Å². The van der Waals surface area contributed by atoms with Crippen LogP contribution in [0.5, 0.6) is 0 Å². The Balaban J connectivity index is 1.91. The second kappa shape index (κ2) is 6.63. The second-order valence-electron chi connectivity index (χ2n) is 7.07. The molecule has 0 aliphatic rings. The Morgan fingerprint density at radius 1 is 1.28 bits per heavy atom. The highest BCUT2D eigenvalue weighted by atomic mass is 16.1. The zero-order valence-electron chi connectivity index (χ0n) is 15.1. The Kier molecular flexibility index (Phi) is 4.53. The molecule has 3 aromatic heterocycles. The maximum absolute atomic E-state index is 12.6. The molecular weight excluding hydrogens is 314 g/mol. The molecule has 6 heteroatoms. The fourth-order valence-corrected chi connectivity index (χ4v) is 2.66. The van der Waals surface area contributed by atoms with Crippen molar-refractivity contribution in [1.29, 1.82) is 0 Å². The lowest BCUT2D eigenvalue weighted by atomic mass is 9.93. The standard InChI is InChI=1S/C19H23N5O/c1-5-15-14(18(25)22-11-13-7-6-8-20-10-13)12-21-17-9-16(19(2,3)4)23-24(15)17/h6-10,12H,5,11H2,1-4H3,(H,22,25). The van der Waals surface area contributed by atoms with Crippen LogP contribution in [0.25, 0.3) is 5.65 Å². The van der Waals surface area contributed by atoms with Crippen LogP contribution in [0.15, 0.2) is 36.8 Å². The van der Waals surface area contributed by atoms with E-state index in [0.29, 0.717) is 18.5 Å². The van der Waals surface area contributed by atoms with Crippen molar-refractivity contribution in [2.75, 3.05) is 0 Å². The summed E-state index contributed by atoms with van der Waals surface area (Å²) in [4.78, 5) is 21.1. The quantitative estimate of drug-likeness (QED) is 0.794. The van der Waals surface area contributed by atoms with E-state index in [1.54, 1.807) is 23.1 Å². The van der Waals surface area contributed by atoms with Crippen LogP contribution in [0.3, 0.4) is 0 Å². The molecule has 3 heterocycles. The maximum Gasteiger partial charge on any atom is 0.254 e. The van der Waals surface area contributed by atoms with Crippen LogP contribution in [-0.2, 0) is 18.4 Å². The summed E-state index contributed by atoms with van der Waals surface area (Å²) >= 11 is 0. The molecule has 0 aromatic carbocycles. The number of hydrogen-bond donors (Lipinski definition) is 1. The highest BCUT2D eigenvalue weighted by Gasteiger charge is 2.21. The van der Waals surface area contributed by atoms with Gasteiger partial charge < -0.3 is 5.32 Å². The number of pyridine rings is 1. The number of amides is 1. The van der Waals surface area contributed by atoms with Crippen molar-refractivity contribution in [3.05, 3.63) is 59.3 Å². The van der Waals surface area contributed by atoms with E-state index in [4.69, 9.17) is 0 Å². The molecule has 3 rings (SSSR count). The van der Waals surface area contributed by atoms with Crippen LogP contribution in [0, 0.1) is 0 Å². The fraction of sp³-hybridized carbons (Fsp3) is 0.368. The predicted molar refractivity (Wildman–Crippen MR) is 96.5 cm³/mol. The first-order valence-corrected chi connectivity index (χ1v) is 8.45. The monoisotopic (exact) mass is 337 g/mol. The Bertz CT molecular complexity index is 893. The minimum absolute atomic E-state index is 0.0680. The predicted octanol–water partition coefficient (Wildman–Crippen LogP) is 2.91. The summed E-state index contributed by atoms with van der Waals surface area (Å²) in [6.07, 6.45) is 5.79. The number of rotatable bonds is 4. The molecule has 0 fully saturated rings. The van der Waals surface area contributed by atoms with Gasteiger partial charge in [0.2, 0.25) is 0 Å². The Labute approximate surface area is 147 Å².